The molecular weight excluding hydrogens is 381 g/mol. The summed E-state index contributed by atoms with van der Waals surface area (Å²) in [7, 11) is 0. The zero-order chi connectivity index (χ0) is 13.1. The minimum Gasteiger partial charge on any atom is -0.306 e. The normalized spacial score (nSPS) is 12.7. The average molecular weight is 393 g/mol. The molecule has 1 heterocycles. The lowest BCUT2D eigenvalue weighted by molar-refractivity contribution is 0.602. The lowest BCUT2D eigenvalue weighted by Crippen LogP contribution is -2.22. The first-order valence-electron chi connectivity index (χ1n) is 5.52. The van der Waals surface area contributed by atoms with Gasteiger partial charge in [-0.15, -0.1) is 0 Å². The molecule has 0 saturated heterocycles. The molecule has 1 unspecified atom stereocenters. The number of benzene rings is 1. The van der Waals surface area contributed by atoms with Gasteiger partial charge in [-0.25, -0.2) is 4.39 Å². The number of halogens is 3. The molecule has 1 nitrogen and oxygen atoms in total. The number of nitrogens with one attached hydrogen (secondary N) is 1. The van der Waals surface area contributed by atoms with E-state index in [0.717, 1.165) is 26.6 Å². The van der Waals surface area contributed by atoms with Gasteiger partial charge in [-0.3, -0.25) is 0 Å². The average Bonchev–Trinajstić information content (AvgIpc) is 2.71. The van der Waals surface area contributed by atoms with E-state index in [4.69, 9.17) is 0 Å². The second kappa shape index (κ2) is 6.28. The van der Waals surface area contributed by atoms with Gasteiger partial charge in [0, 0.05) is 14.3 Å². The molecule has 0 aliphatic carbocycles. The second-order valence-electron chi connectivity index (χ2n) is 3.87. The largest absolute Gasteiger partial charge is 0.306 e. The number of hydrogen-bond donors (Lipinski definition) is 1. The van der Waals surface area contributed by atoms with Gasteiger partial charge in [0.1, 0.15) is 5.82 Å². The molecule has 0 saturated carbocycles. The quantitative estimate of drug-likeness (QED) is 0.762. The summed E-state index contributed by atoms with van der Waals surface area (Å²) in [6.07, 6.45) is 0. The zero-order valence-electron chi connectivity index (χ0n) is 9.71. The van der Waals surface area contributed by atoms with Crippen molar-refractivity contribution >= 4 is 43.2 Å². The van der Waals surface area contributed by atoms with Crippen molar-refractivity contribution in [1.29, 1.82) is 0 Å². The minimum absolute atomic E-state index is 0.00243. The van der Waals surface area contributed by atoms with Crippen LogP contribution in [0.2, 0.25) is 0 Å². The summed E-state index contributed by atoms with van der Waals surface area (Å²) in [6, 6.07) is 4.99. The molecule has 0 spiro atoms. The van der Waals surface area contributed by atoms with Crippen molar-refractivity contribution in [2.24, 2.45) is 0 Å². The fraction of sp³-hybridized carbons (Fsp3) is 0.231. The summed E-state index contributed by atoms with van der Waals surface area (Å²) in [5.41, 5.74) is 2.06. The first-order chi connectivity index (χ1) is 8.61. The number of thiophene rings is 1. The van der Waals surface area contributed by atoms with Crippen molar-refractivity contribution in [2.75, 3.05) is 6.54 Å². The maximum Gasteiger partial charge on any atom is 0.124 e. The van der Waals surface area contributed by atoms with Crippen LogP contribution >= 0.6 is 43.2 Å². The smallest absolute Gasteiger partial charge is 0.124 e. The van der Waals surface area contributed by atoms with Gasteiger partial charge >= 0.3 is 0 Å². The molecule has 0 bridgehead atoms. The van der Waals surface area contributed by atoms with E-state index in [2.05, 4.69) is 42.6 Å². The summed E-state index contributed by atoms with van der Waals surface area (Å²) >= 11 is 8.50. The fourth-order valence-corrected chi connectivity index (χ4v) is 3.89. The highest BCUT2D eigenvalue weighted by atomic mass is 79.9. The third-order valence-electron chi connectivity index (χ3n) is 2.58. The van der Waals surface area contributed by atoms with Crippen LogP contribution in [0.3, 0.4) is 0 Å². The molecule has 1 aromatic heterocycles. The first-order valence-corrected chi connectivity index (χ1v) is 8.05. The molecule has 18 heavy (non-hydrogen) atoms. The molecule has 0 amide bonds. The van der Waals surface area contributed by atoms with Crippen molar-refractivity contribution in [1.82, 2.24) is 5.32 Å². The van der Waals surface area contributed by atoms with Crippen LogP contribution in [-0.4, -0.2) is 6.54 Å². The molecule has 5 heteroatoms. The summed E-state index contributed by atoms with van der Waals surface area (Å²) in [4.78, 5) is 0. The Balaban J connectivity index is 2.44. The Bertz CT molecular complexity index is 521. The van der Waals surface area contributed by atoms with Gasteiger partial charge in [0.25, 0.3) is 0 Å². The fourth-order valence-electron chi connectivity index (χ4n) is 1.85. The highest BCUT2D eigenvalue weighted by molar-refractivity contribution is 9.10. The minimum atomic E-state index is -0.228. The monoisotopic (exact) mass is 391 g/mol. The standard InChI is InChI=1S/C13H12Br2FNS/c1-2-17-13(11-6-18-7-12(11)15)8-3-9(14)5-10(16)4-8/h3-7,13,17H,2H2,1H3. The Kier molecular flexibility index (Phi) is 4.95. The van der Waals surface area contributed by atoms with Crippen LogP contribution < -0.4 is 5.32 Å². The molecule has 1 atom stereocenters. The van der Waals surface area contributed by atoms with E-state index in [1.165, 1.54) is 6.07 Å². The molecular formula is C13H12Br2FNS. The predicted octanol–water partition coefficient (Wildman–Crippen LogP) is 5.11. The molecule has 96 valence electrons. The van der Waals surface area contributed by atoms with Gasteiger partial charge in [-0.1, -0.05) is 22.9 Å². The van der Waals surface area contributed by atoms with E-state index in [1.54, 1.807) is 17.4 Å². The van der Waals surface area contributed by atoms with Gasteiger partial charge in [0.2, 0.25) is 0 Å². The van der Waals surface area contributed by atoms with Crippen molar-refractivity contribution in [3.63, 3.8) is 0 Å². The highest BCUT2D eigenvalue weighted by Gasteiger charge is 2.17. The Morgan fingerprint density at radius 2 is 2.06 bits per heavy atom. The number of hydrogen-bond acceptors (Lipinski definition) is 2. The molecule has 1 aromatic carbocycles. The maximum atomic E-state index is 13.5. The van der Waals surface area contributed by atoms with Crippen LogP contribution in [0, 0.1) is 5.82 Å². The SMILES string of the molecule is CCNC(c1cc(F)cc(Br)c1)c1cscc1Br. The van der Waals surface area contributed by atoms with Crippen molar-refractivity contribution in [3.05, 3.63) is 54.8 Å². The van der Waals surface area contributed by atoms with E-state index in [1.807, 2.05) is 18.4 Å². The lowest BCUT2D eigenvalue weighted by atomic mass is 10.0. The van der Waals surface area contributed by atoms with E-state index in [0.29, 0.717) is 0 Å². The van der Waals surface area contributed by atoms with Gasteiger partial charge < -0.3 is 5.32 Å². The number of rotatable bonds is 4. The Labute approximate surface area is 127 Å². The zero-order valence-corrected chi connectivity index (χ0v) is 13.7. The summed E-state index contributed by atoms with van der Waals surface area (Å²) in [5.74, 6) is -0.228. The van der Waals surface area contributed by atoms with Crippen LogP contribution in [0.5, 0.6) is 0 Å². The van der Waals surface area contributed by atoms with E-state index in [9.17, 15) is 4.39 Å². The van der Waals surface area contributed by atoms with Crippen LogP contribution in [0.4, 0.5) is 4.39 Å². The Morgan fingerprint density at radius 1 is 1.28 bits per heavy atom. The molecule has 0 aliphatic heterocycles. The third kappa shape index (κ3) is 3.20. The summed E-state index contributed by atoms with van der Waals surface area (Å²) < 4.78 is 15.3. The van der Waals surface area contributed by atoms with E-state index >= 15 is 0 Å². The molecule has 0 radical (unpaired) electrons. The van der Waals surface area contributed by atoms with E-state index < -0.39 is 0 Å². The van der Waals surface area contributed by atoms with Crippen LogP contribution in [0.15, 0.2) is 37.9 Å². The third-order valence-corrected chi connectivity index (χ3v) is 4.79. The maximum absolute atomic E-state index is 13.5. The van der Waals surface area contributed by atoms with Gasteiger partial charge in [0.05, 0.1) is 6.04 Å². The van der Waals surface area contributed by atoms with E-state index in [-0.39, 0.29) is 11.9 Å². The molecule has 1 N–H and O–H groups in total. The van der Waals surface area contributed by atoms with Gasteiger partial charge in [0.15, 0.2) is 0 Å². The predicted molar refractivity (Wildman–Crippen MR) is 81.6 cm³/mol. The highest BCUT2D eigenvalue weighted by Crippen LogP contribution is 2.32. The molecule has 0 fully saturated rings. The summed E-state index contributed by atoms with van der Waals surface area (Å²) in [5, 5.41) is 7.50. The second-order valence-corrected chi connectivity index (χ2v) is 6.38. The van der Waals surface area contributed by atoms with Crippen molar-refractivity contribution in [3.8, 4) is 0 Å². The van der Waals surface area contributed by atoms with Gasteiger partial charge in [-0.2, -0.15) is 11.3 Å². The van der Waals surface area contributed by atoms with Crippen molar-refractivity contribution in [2.45, 2.75) is 13.0 Å². The Morgan fingerprint density at radius 3 is 2.61 bits per heavy atom. The van der Waals surface area contributed by atoms with Crippen LogP contribution in [-0.2, 0) is 0 Å². The summed E-state index contributed by atoms with van der Waals surface area (Å²) in [6.45, 7) is 2.86. The van der Waals surface area contributed by atoms with Crippen molar-refractivity contribution < 1.29 is 4.39 Å². The lowest BCUT2D eigenvalue weighted by Gasteiger charge is -2.18. The first kappa shape index (κ1) is 14.2. The van der Waals surface area contributed by atoms with Gasteiger partial charge in [-0.05, 0) is 57.2 Å². The molecule has 0 aliphatic rings. The van der Waals surface area contributed by atoms with Crippen LogP contribution in [0.25, 0.3) is 0 Å². The van der Waals surface area contributed by atoms with Crippen LogP contribution in [0.1, 0.15) is 24.1 Å². The Hall–Kier alpha value is -0.230. The molecule has 2 aromatic rings. The molecule has 2 rings (SSSR count). The topological polar surface area (TPSA) is 12.0 Å².